The van der Waals surface area contributed by atoms with E-state index >= 15 is 0 Å². The molecule has 2 rings (SSSR count). The molecule has 0 fully saturated rings. The average Bonchev–Trinajstić information content (AvgIpc) is 2.96. The normalized spacial score (nSPS) is 10.3. The Balaban J connectivity index is 2.27. The quantitative estimate of drug-likeness (QED) is 0.796. The molecule has 0 atom stereocenters. The van der Waals surface area contributed by atoms with Crippen molar-refractivity contribution in [1.82, 2.24) is 10.3 Å². The summed E-state index contributed by atoms with van der Waals surface area (Å²) in [4.78, 5) is 27.6. The lowest BCUT2D eigenvalue weighted by atomic mass is 10.2. The van der Waals surface area contributed by atoms with Gasteiger partial charge in [0.15, 0.2) is 4.34 Å². The van der Waals surface area contributed by atoms with E-state index in [-0.39, 0.29) is 11.8 Å². The molecule has 0 radical (unpaired) electrons. The molecular formula is C15H17N3O2S2. The van der Waals surface area contributed by atoms with E-state index in [9.17, 15) is 9.59 Å². The van der Waals surface area contributed by atoms with Crippen LogP contribution >= 0.6 is 23.1 Å². The van der Waals surface area contributed by atoms with E-state index in [1.165, 1.54) is 23.1 Å². The fraction of sp³-hybridized carbons (Fsp3) is 0.267. The molecule has 2 aromatic rings. The highest BCUT2D eigenvalue weighted by Gasteiger charge is 2.15. The summed E-state index contributed by atoms with van der Waals surface area (Å²) in [6, 6.07) is 9.68. The van der Waals surface area contributed by atoms with E-state index in [4.69, 9.17) is 0 Å². The van der Waals surface area contributed by atoms with E-state index in [2.05, 4.69) is 15.6 Å². The third kappa shape index (κ3) is 4.32. The maximum Gasteiger partial charge on any atom is 0.230 e. The van der Waals surface area contributed by atoms with Gasteiger partial charge in [-0.3, -0.25) is 9.59 Å². The maximum atomic E-state index is 11.7. The Morgan fingerprint density at radius 1 is 1.23 bits per heavy atom. The van der Waals surface area contributed by atoms with Gasteiger partial charge in [-0.1, -0.05) is 60.4 Å². The number of hydrogen-bond donors (Lipinski definition) is 2. The van der Waals surface area contributed by atoms with Gasteiger partial charge >= 0.3 is 0 Å². The number of aromatic nitrogens is 1. The van der Waals surface area contributed by atoms with Crippen LogP contribution in [0.25, 0.3) is 11.3 Å². The molecule has 0 aliphatic rings. The first kappa shape index (κ1) is 16.5. The minimum atomic E-state index is -0.0550. The van der Waals surface area contributed by atoms with Gasteiger partial charge in [0.25, 0.3) is 0 Å². The number of carbonyl (C=O) groups excluding carboxylic acids is 2. The van der Waals surface area contributed by atoms with E-state index in [0.717, 1.165) is 20.6 Å². The van der Waals surface area contributed by atoms with Crippen LogP contribution in [0.4, 0.5) is 5.00 Å². The highest BCUT2D eigenvalue weighted by Crippen LogP contribution is 2.37. The van der Waals surface area contributed by atoms with E-state index < -0.39 is 0 Å². The number of rotatable bonds is 6. The number of thioether (sulfide) groups is 1. The summed E-state index contributed by atoms with van der Waals surface area (Å²) in [7, 11) is 1.60. The Morgan fingerprint density at radius 2 is 1.95 bits per heavy atom. The van der Waals surface area contributed by atoms with Crippen molar-refractivity contribution in [1.29, 1.82) is 0 Å². The first-order chi connectivity index (χ1) is 10.6. The van der Waals surface area contributed by atoms with E-state index in [0.29, 0.717) is 12.2 Å². The van der Waals surface area contributed by atoms with Crippen molar-refractivity contribution in [2.75, 3.05) is 18.1 Å². The molecule has 2 N–H and O–H groups in total. The molecule has 5 nitrogen and oxygen atoms in total. The van der Waals surface area contributed by atoms with Crippen LogP contribution in [0, 0.1) is 0 Å². The molecule has 2 amide bonds. The lowest BCUT2D eigenvalue weighted by molar-refractivity contribution is -0.118. The zero-order valence-electron chi connectivity index (χ0n) is 12.4. The number of carbonyl (C=O) groups is 2. The molecule has 1 aromatic heterocycles. The van der Waals surface area contributed by atoms with E-state index in [1.54, 1.807) is 14.0 Å². The molecular weight excluding hydrogens is 318 g/mol. The van der Waals surface area contributed by atoms with Gasteiger partial charge in [0, 0.05) is 19.0 Å². The molecule has 116 valence electrons. The number of anilines is 1. The second-order valence-corrected chi connectivity index (χ2v) is 6.61. The molecule has 7 heteroatoms. The Hall–Kier alpha value is -1.86. The summed E-state index contributed by atoms with van der Waals surface area (Å²) in [5.74, 6) is 0.198. The molecule has 0 saturated carbocycles. The molecule has 22 heavy (non-hydrogen) atoms. The molecule has 0 bridgehead atoms. The lowest BCUT2D eigenvalue weighted by Crippen LogP contribution is -2.19. The third-order valence-corrected chi connectivity index (χ3v) is 4.95. The van der Waals surface area contributed by atoms with Gasteiger partial charge in [0.2, 0.25) is 11.8 Å². The van der Waals surface area contributed by atoms with Crippen molar-refractivity contribution >= 4 is 39.9 Å². The smallest absolute Gasteiger partial charge is 0.230 e. The van der Waals surface area contributed by atoms with Crippen molar-refractivity contribution < 1.29 is 9.59 Å². The van der Waals surface area contributed by atoms with Crippen LogP contribution in [0.15, 0.2) is 34.7 Å². The van der Waals surface area contributed by atoms with Gasteiger partial charge in [0.1, 0.15) is 10.7 Å². The molecule has 0 spiro atoms. The largest absolute Gasteiger partial charge is 0.358 e. The number of nitrogens with one attached hydrogen (secondary N) is 2. The maximum absolute atomic E-state index is 11.7. The average molecular weight is 335 g/mol. The van der Waals surface area contributed by atoms with Crippen LogP contribution in [-0.4, -0.2) is 29.6 Å². The SMILES string of the molecule is CCC(=O)Nc1sc(SCC(=O)NC)nc1-c1ccccc1. The predicted octanol–water partition coefficient (Wildman–Crippen LogP) is 3.00. The van der Waals surface area contributed by atoms with Crippen LogP contribution < -0.4 is 10.6 Å². The fourth-order valence-corrected chi connectivity index (χ4v) is 3.61. The minimum absolute atomic E-state index is 0.0521. The summed E-state index contributed by atoms with van der Waals surface area (Å²) in [6.07, 6.45) is 0.410. The van der Waals surface area contributed by atoms with Gasteiger partial charge < -0.3 is 10.6 Å². The van der Waals surface area contributed by atoms with Crippen LogP contribution in [0.3, 0.4) is 0 Å². The second-order valence-electron chi connectivity index (χ2n) is 4.39. The summed E-state index contributed by atoms with van der Waals surface area (Å²) in [5, 5.41) is 6.18. The highest BCUT2D eigenvalue weighted by atomic mass is 32.2. The fourth-order valence-electron chi connectivity index (χ4n) is 1.65. The van der Waals surface area contributed by atoms with Crippen LogP contribution in [0.5, 0.6) is 0 Å². The summed E-state index contributed by atoms with van der Waals surface area (Å²) >= 11 is 2.75. The number of thiazole rings is 1. The van der Waals surface area contributed by atoms with Crippen molar-refractivity contribution in [2.45, 2.75) is 17.7 Å². The van der Waals surface area contributed by atoms with Gasteiger partial charge in [-0.05, 0) is 0 Å². The van der Waals surface area contributed by atoms with Gasteiger partial charge in [-0.15, -0.1) is 0 Å². The van der Waals surface area contributed by atoms with E-state index in [1.807, 2.05) is 30.3 Å². The zero-order chi connectivity index (χ0) is 15.9. The first-order valence-electron chi connectivity index (χ1n) is 6.83. The second kappa shape index (κ2) is 7.95. The molecule has 0 unspecified atom stereocenters. The molecule has 0 aliphatic carbocycles. The first-order valence-corrected chi connectivity index (χ1v) is 8.63. The number of amides is 2. The van der Waals surface area contributed by atoms with Gasteiger partial charge in [0.05, 0.1) is 5.75 Å². The Bertz CT molecular complexity index is 656. The number of hydrogen-bond acceptors (Lipinski definition) is 5. The molecule has 1 heterocycles. The lowest BCUT2D eigenvalue weighted by Gasteiger charge is -2.03. The monoisotopic (exact) mass is 335 g/mol. The minimum Gasteiger partial charge on any atom is -0.358 e. The van der Waals surface area contributed by atoms with Crippen molar-refractivity contribution in [2.24, 2.45) is 0 Å². The van der Waals surface area contributed by atoms with Crippen molar-refractivity contribution in [3.63, 3.8) is 0 Å². The highest BCUT2D eigenvalue weighted by molar-refractivity contribution is 8.01. The molecule has 0 saturated heterocycles. The summed E-state index contributed by atoms with van der Waals surface area (Å²) in [5.41, 5.74) is 1.68. The molecule has 1 aromatic carbocycles. The van der Waals surface area contributed by atoms with Crippen molar-refractivity contribution in [3.05, 3.63) is 30.3 Å². The number of nitrogens with zero attached hydrogens (tertiary/aromatic N) is 1. The van der Waals surface area contributed by atoms with Crippen LogP contribution in [0.2, 0.25) is 0 Å². The number of benzene rings is 1. The Kier molecular flexibility index (Phi) is 5.97. The van der Waals surface area contributed by atoms with Gasteiger partial charge in [-0.2, -0.15) is 0 Å². The Morgan fingerprint density at radius 3 is 2.59 bits per heavy atom. The summed E-state index contributed by atoms with van der Waals surface area (Å²) < 4.78 is 0.758. The van der Waals surface area contributed by atoms with Crippen LogP contribution in [0.1, 0.15) is 13.3 Å². The molecule has 0 aliphatic heterocycles. The topological polar surface area (TPSA) is 71.1 Å². The van der Waals surface area contributed by atoms with Crippen molar-refractivity contribution in [3.8, 4) is 11.3 Å². The Labute approximate surface area is 137 Å². The standard InChI is InChI=1S/C15H17N3O2S2/c1-3-11(19)17-14-13(10-7-5-4-6-8-10)18-15(22-14)21-9-12(20)16-2/h4-8H,3,9H2,1-2H3,(H,16,20)(H,17,19). The predicted molar refractivity (Wildman–Crippen MR) is 91.3 cm³/mol. The third-order valence-electron chi connectivity index (χ3n) is 2.83. The zero-order valence-corrected chi connectivity index (χ0v) is 14.0. The summed E-state index contributed by atoms with van der Waals surface area (Å²) in [6.45, 7) is 1.81. The van der Waals surface area contributed by atoms with Crippen LogP contribution in [-0.2, 0) is 9.59 Å². The van der Waals surface area contributed by atoms with Gasteiger partial charge in [-0.25, -0.2) is 4.98 Å².